The van der Waals surface area contributed by atoms with Gasteiger partial charge in [0.25, 0.3) is 11.8 Å². The van der Waals surface area contributed by atoms with Crippen molar-refractivity contribution in [1.82, 2.24) is 14.8 Å². The molecule has 1 N–H and O–H groups in total. The Morgan fingerprint density at radius 2 is 1.64 bits per heavy atom. The highest BCUT2D eigenvalue weighted by molar-refractivity contribution is 6.31. The van der Waals surface area contributed by atoms with E-state index >= 15 is 0 Å². The van der Waals surface area contributed by atoms with Gasteiger partial charge < -0.3 is 24.4 Å². The number of nitrogens with zero attached hydrogens (tertiary/aromatic N) is 3. The summed E-state index contributed by atoms with van der Waals surface area (Å²) in [6, 6.07) is 21.6. The molecule has 0 atom stereocenters. The lowest BCUT2D eigenvalue weighted by atomic mass is 10.0. The number of hydrogen-bond acceptors (Lipinski definition) is 5. The van der Waals surface area contributed by atoms with Crippen molar-refractivity contribution in [1.29, 1.82) is 0 Å². The molecule has 200 valence electrons. The molecule has 9 heteroatoms. The molecule has 1 saturated heterocycles. The number of rotatable bonds is 6. The fourth-order valence-corrected chi connectivity index (χ4v) is 4.94. The van der Waals surface area contributed by atoms with Crippen LogP contribution in [0.3, 0.4) is 0 Å². The van der Waals surface area contributed by atoms with Crippen molar-refractivity contribution >= 4 is 40.0 Å². The quantitative estimate of drug-likeness (QED) is 0.395. The number of carbonyl (C=O) groups excluding carboxylic acids is 2. The zero-order valence-electron chi connectivity index (χ0n) is 21.8. The van der Waals surface area contributed by atoms with Crippen molar-refractivity contribution in [2.75, 3.05) is 45.3 Å². The van der Waals surface area contributed by atoms with Gasteiger partial charge in [-0.05, 0) is 54.6 Å². The monoisotopic (exact) mass is 544 g/mol. The summed E-state index contributed by atoms with van der Waals surface area (Å²) in [6.45, 7) is 2.83. The second kappa shape index (κ2) is 11.3. The number of pyridine rings is 1. The van der Waals surface area contributed by atoms with Crippen LogP contribution in [0.1, 0.15) is 26.4 Å². The summed E-state index contributed by atoms with van der Waals surface area (Å²) in [5, 5.41) is 3.70. The van der Waals surface area contributed by atoms with Crippen LogP contribution >= 0.6 is 11.6 Å². The first-order valence-electron chi connectivity index (χ1n) is 12.7. The Kier molecular flexibility index (Phi) is 7.67. The van der Waals surface area contributed by atoms with E-state index in [0.717, 1.165) is 18.8 Å². The third-order valence-corrected chi connectivity index (χ3v) is 7.02. The molecule has 1 aromatic heterocycles. The van der Waals surface area contributed by atoms with Crippen LogP contribution in [0, 0.1) is 0 Å². The molecule has 4 aromatic rings. The van der Waals surface area contributed by atoms with Gasteiger partial charge in [-0.1, -0.05) is 29.8 Å². The second-order valence-electron chi connectivity index (χ2n) is 9.52. The minimum absolute atomic E-state index is 0.122. The zero-order chi connectivity index (χ0) is 27.5. The summed E-state index contributed by atoms with van der Waals surface area (Å²) in [7, 11) is 3.26. The Labute approximate surface area is 231 Å². The van der Waals surface area contributed by atoms with Crippen molar-refractivity contribution in [3.63, 3.8) is 0 Å². The minimum Gasteiger partial charge on any atom is -0.378 e. The molecule has 5 rings (SSSR count). The first-order chi connectivity index (χ1) is 18.8. The van der Waals surface area contributed by atoms with Gasteiger partial charge in [-0.15, -0.1) is 0 Å². The Hall–Kier alpha value is -4.14. The third kappa shape index (κ3) is 5.39. The van der Waals surface area contributed by atoms with Gasteiger partial charge >= 0.3 is 0 Å². The molecule has 0 unspecified atom stereocenters. The zero-order valence-corrected chi connectivity index (χ0v) is 22.6. The molecule has 2 amide bonds. The maximum absolute atomic E-state index is 13.7. The number of anilines is 1. The second-order valence-corrected chi connectivity index (χ2v) is 9.95. The van der Waals surface area contributed by atoms with Gasteiger partial charge in [-0.3, -0.25) is 14.4 Å². The third-order valence-electron chi connectivity index (χ3n) is 6.78. The molecule has 0 saturated carbocycles. The van der Waals surface area contributed by atoms with Crippen molar-refractivity contribution < 1.29 is 14.3 Å². The molecule has 0 radical (unpaired) electrons. The maximum atomic E-state index is 13.7. The molecular formula is C30H29ClN4O4. The normalized spacial score (nSPS) is 13.4. The average molecular weight is 545 g/mol. The highest BCUT2D eigenvalue weighted by atomic mass is 35.5. The number of aromatic nitrogens is 1. The summed E-state index contributed by atoms with van der Waals surface area (Å²) in [5.74, 6) is -0.703. The van der Waals surface area contributed by atoms with E-state index in [-0.39, 0.29) is 35.0 Å². The lowest BCUT2D eigenvalue weighted by Crippen LogP contribution is -2.36. The standard InChI is InChI=1S/C30H29ClN4O4/c1-33(2)30(38)27-25(19-32-29(37)20-8-11-22(12-9-20)34-14-16-39-17-15-34)28(36)24-13-10-21(31)18-26(24)35(27)23-6-4-3-5-7-23/h3-13,18H,14-17,19H2,1-2H3,(H,32,37). The summed E-state index contributed by atoms with van der Waals surface area (Å²) < 4.78 is 7.15. The van der Waals surface area contributed by atoms with Gasteiger partial charge in [0.2, 0.25) is 0 Å². The van der Waals surface area contributed by atoms with E-state index < -0.39 is 0 Å². The van der Waals surface area contributed by atoms with Crippen LogP contribution in [0.25, 0.3) is 16.6 Å². The number of morpholine rings is 1. The van der Waals surface area contributed by atoms with E-state index in [2.05, 4.69) is 10.2 Å². The summed E-state index contributed by atoms with van der Waals surface area (Å²) in [4.78, 5) is 44.0. The fourth-order valence-electron chi connectivity index (χ4n) is 4.77. The van der Waals surface area contributed by atoms with E-state index in [4.69, 9.17) is 16.3 Å². The Morgan fingerprint density at radius 1 is 0.949 bits per heavy atom. The Bertz CT molecular complexity index is 1580. The highest BCUT2D eigenvalue weighted by Gasteiger charge is 2.25. The molecule has 39 heavy (non-hydrogen) atoms. The van der Waals surface area contributed by atoms with E-state index in [1.807, 2.05) is 42.5 Å². The fraction of sp³-hybridized carbons (Fsp3) is 0.233. The molecule has 2 heterocycles. The van der Waals surface area contributed by atoms with Gasteiger partial charge in [0, 0.05) is 66.6 Å². The van der Waals surface area contributed by atoms with E-state index in [1.54, 1.807) is 49.0 Å². The lowest BCUT2D eigenvalue weighted by molar-refractivity contribution is 0.0816. The van der Waals surface area contributed by atoms with Gasteiger partial charge in [0.1, 0.15) is 5.69 Å². The topological polar surface area (TPSA) is 83.9 Å². The number of hydrogen-bond donors (Lipinski definition) is 1. The van der Waals surface area contributed by atoms with Gasteiger partial charge in [-0.2, -0.15) is 0 Å². The van der Waals surface area contributed by atoms with Gasteiger partial charge in [0.15, 0.2) is 5.43 Å². The number of carbonyl (C=O) groups is 2. The average Bonchev–Trinajstić information content (AvgIpc) is 2.96. The molecule has 1 aliphatic heterocycles. The van der Waals surface area contributed by atoms with E-state index in [1.165, 1.54) is 4.90 Å². The number of nitrogens with one attached hydrogen (secondary N) is 1. The van der Waals surface area contributed by atoms with Crippen LogP contribution in [-0.4, -0.2) is 61.7 Å². The van der Waals surface area contributed by atoms with Crippen LogP contribution in [0.15, 0.2) is 77.6 Å². The number of halogens is 1. The maximum Gasteiger partial charge on any atom is 0.270 e. The summed E-state index contributed by atoms with van der Waals surface area (Å²) in [6.07, 6.45) is 0. The largest absolute Gasteiger partial charge is 0.378 e. The van der Waals surface area contributed by atoms with Crippen LogP contribution in [0.4, 0.5) is 5.69 Å². The van der Waals surface area contributed by atoms with E-state index in [0.29, 0.717) is 40.4 Å². The molecule has 0 bridgehead atoms. The Morgan fingerprint density at radius 3 is 2.31 bits per heavy atom. The molecule has 0 aliphatic carbocycles. The molecule has 1 fully saturated rings. The molecular weight excluding hydrogens is 516 g/mol. The number of para-hydroxylation sites is 1. The number of amides is 2. The van der Waals surface area contributed by atoms with Crippen molar-refractivity contribution in [2.45, 2.75) is 6.54 Å². The molecule has 0 spiro atoms. The van der Waals surface area contributed by atoms with Gasteiger partial charge in [0.05, 0.1) is 18.7 Å². The Balaban J connectivity index is 1.54. The SMILES string of the molecule is CN(C)C(=O)c1c(CNC(=O)c2ccc(N3CCOCC3)cc2)c(=O)c2ccc(Cl)cc2n1-c1ccccc1. The van der Waals surface area contributed by atoms with Crippen LogP contribution in [0.2, 0.25) is 5.02 Å². The summed E-state index contributed by atoms with van der Waals surface area (Å²) in [5.41, 5.74) is 2.73. The summed E-state index contributed by atoms with van der Waals surface area (Å²) >= 11 is 6.32. The molecule has 3 aromatic carbocycles. The first kappa shape index (κ1) is 26.5. The number of fused-ring (bicyclic) bond motifs is 1. The van der Waals surface area contributed by atoms with Crippen molar-refractivity contribution in [3.05, 3.63) is 105 Å². The number of benzene rings is 3. The predicted molar refractivity (Wildman–Crippen MR) is 153 cm³/mol. The van der Waals surface area contributed by atoms with Crippen LogP contribution < -0.4 is 15.6 Å². The van der Waals surface area contributed by atoms with Crippen LogP contribution in [0.5, 0.6) is 0 Å². The molecule has 1 aliphatic rings. The van der Waals surface area contributed by atoms with Gasteiger partial charge in [-0.25, -0.2) is 0 Å². The lowest BCUT2D eigenvalue weighted by Gasteiger charge is -2.28. The predicted octanol–water partition coefficient (Wildman–Crippen LogP) is 4.11. The minimum atomic E-state index is -0.364. The molecule has 8 nitrogen and oxygen atoms in total. The smallest absolute Gasteiger partial charge is 0.270 e. The number of ether oxygens (including phenoxy) is 1. The van der Waals surface area contributed by atoms with Crippen molar-refractivity contribution in [3.8, 4) is 5.69 Å². The first-order valence-corrected chi connectivity index (χ1v) is 13.1. The highest BCUT2D eigenvalue weighted by Crippen LogP contribution is 2.26. The van der Waals surface area contributed by atoms with Crippen molar-refractivity contribution in [2.24, 2.45) is 0 Å². The van der Waals surface area contributed by atoms with E-state index in [9.17, 15) is 14.4 Å². The van der Waals surface area contributed by atoms with Crippen LogP contribution in [-0.2, 0) is 11.3 Å².